The number of alkyl halides is 1. The molecule has 126 valence electrons. The Morgan fingerprint density at radius 2 is 1.92 bits per heavy atom. The molecule has 0 heterocycles. The minimum absolute atomic E-state index is 0.144. The van der Waals surface area contributed by atoms with Crippen LogP contribution in [0, 0.1) is 5.82 Å². The van der Waals surface area contributed by atoms with Crippen LogP contribution in [0.3, 0.4) is 0 Å². The van der Waals surface area contributed by atoms with Crippen molar-refractivity contribution in [3.05, 3.63) is 77.6 Å². The number of benzene rings is 2. The fraction of sp³-hybridized carbons (Fsp3) is 0.211. The van der Waals surface area contributed by atoms with Gasteiger partial charge in [0.1, 0.15) is 5.82 Å². The highest BCUT2D eigenvalue weighted by molar-refractivity contribution is 6.29. The first-order chi connectivity index (χ1) is 11.5. The molecule has 0 radical (unpaired) electrons. The Balaban J connectivity index is 2.55. The van der Waals surface area contributed by atoms with E-state index in [4.69, 9.17) is 21.1 Å². The van der Waals surface area contributed by atoms with Crippen molar-refractivity contribution in [3.63, 3.8) is 0 Å². The number of hydrogen-bond donors (Lipinski definition) is 0. The first kappa shape index (κ1) is 18.0. The smallest absolute Gasteiger partial charge is 0.435 e. The maximum atomic E-state index is 13.7. The molecule has 0 spiro atoms. The van der Waals surface area contributed by atoms with Crippen LogP contribution in [0.1, 0.15) is 25.0 Å². The van der Waals surface area contributed by atoms with Crippen molar-refractivity contribution in [3.8, 4) is 0 Å². The zero-order valence-electron chi connectivity index (χ0n) is 13.5. The minimum atomic E-state index is -1.70. The molecule has 0 saturated carbocycles. The van der Waals surface area contributed by atoms with Crippen LogP contribution in [0.15, 0.2) is 60.7 Å². The Labute approximate surface area is 145 Å². The van der Waals surface area contributed by atoms with Gasteiger partial charge >= 0.3 is 6.16 Å². The summed E-state index contributed by atoms with van der Waals surface area (Å²) in [6.07, 6.45) is 0.805. The van der Waals surface area contributed by atoms with E-state index in [0.29, 0.717) is 11.1 Å². The molecule has 0 N–H and O–H groups in total. The summed E-state index contributed by atoms with van der Waals surface area (Å²) in [6.45, 7) is 3.58. The average molecular weight is 349 g/mol. The molecule has 24 heavy (non-hydrogen) atoms. The number of carbonyl (C=O) groups excluding carboxylic acids is 1. The van der Waals surface area contributed by atoms with E-state index in [1.54, 1.807) is 26.0 Å². The Morgan fingerprint density at radius 3 is 2.50 bits per heavy atom. The Bertz CT molecular complexity index is 730. The van der Waals surface area contributed by atoms with Gasteiger partial charge < -0.3 is 9.47 Å². The molecular weight excluding hydrogens is 331 g/mol. The molecule has 2 rings (SSSR count). The lowest BCUT2D eigenvalue weighted by molar-refractivity contribution is 0.0281. The lowest BCUT2D eigenvalue weighted by atomic mass is 9.94. The van der Waals surface area contributed by atoms with Crippen molar-refractivity contribution >= 4 is 23.3 Å². The number of ether oxygens (including phenoxy) is 2. The second-order valence-electron chi connectivity index (χ2n) is 4.96. The van der Waals surface area contributed by atoms with E-state index in [1.807, 2.05) is 30.3 Å². The molecule has 0 aromatic heterocycles. The predicted octanol–water partition coefficient (Wildman–Crippen LogP) is 5.49. The predicted molar refractivity (Wildman–Crippen MR) is 92.1 cm³/mol. The lowest BCUT2D eigenvalue weighted by Gasteiger charge is -2.30. The molecule has 0 aliphatic carbocycles. The van der Waals surface area contributed by atoms with Gasteiger partial charge in [0.15, 0.2) is 0 Å². The van der Waals surface area contributed by atoms with E-state index in [2.05, 4.69) is 0 Å². The van der Waals surface area contributed by atoms with Crippen molar-refractivity contribution in [2.75, 3.05) is 6.61 Å². The fourth-order valence-electron chi connectivity index (χ4n) is 2.38. The molecular formula is C19H18ClFO3. The second kappa shape index (κ2) is 7.97. The normalized spacial score (nSPS) is 13.9. The molecule has 0 amide bonds. The number of allylic oxidation sites excluding steroid dienone is 1. The summed E-state index contributed by atoms with van der Waals surface area (Å²) in [5, 5.41) is -1.70. The molecule has 0 aliphatic heterocycles. The Kier molecular flexibility index (Phi) is 5.99. The monoisotopic (exact) mass is 348 g/mol. The Morgan fingerprint density at radius 1 is 1.21 bits per heavy atom. The van der Waals surface area contributed by atoms with Crippen LogP contribution in [-0.2, 0) is 14.5 Å². The SMILES string of the molecule is CC=C(c1ccccc1)C(Cl)(OC(=O)OCC)c1cccc(F)c1. The lowest BCUT2D eigenvalue weighted by Crippen LogP contribution is -2.29. The summed E-state index contributed by atoms with van der Waals surface area (Å²) in [7, 11) is 0. The summed E-state index contributed by atoms with van der Waals surface area (Å²) in [5.74, 6) is -0.478. The van der Waals surface area contributed by atoms with Gasteiger partial charge in [0, 0.05) is 11.1 Å². The molecule has 0 aliphatic rings. The van der Waals surface area contributed by atoms with Crippen molar-refractivity contribution in [1.29, 1.82) is 0 Å². The van der Waals surface area contributed by atoms with Crippen molar-refractivity contribution in [2.45, 2.75) is 18.9 Å². The first-order valence-electron chi connectivity index (χ1n) is 7.54. The van der Waals surface area contributed by atoms with E-state index in [9.17, 15) is 9.18 Å². The molecule has 0 fully saturated rings. The van der Waals surface area contributed by atoms with Crippen LogP contribution in [0.2, 0.25) is 0 Å². The maximum absolute atomic E-state index is 13.7. The third-order valence-electron chi connectivity index (χ3n) is 3.40. The molecule has 2 aromatic carbocycles. The molecule has 0 bridgehead atoms. The molecule has 1 unspecified atom stereocenters. The second-order valence-corrected chi connectivity index (χ2v) is 5.49. The van der Waals surface area contributed by atoms with E-state index < -0.39 is 17.0 Å². The summed E-state index contributed by atoms with van der Waals surface area (Å²) in [6, 6.07) is 14.8. The van der Waals surface area contributed by atoms with E-state index in [0.717, 1.165) is 5.56 Å². The van der Waals surface area contributed by atoms with E-state index in [-0.39, 0.29) is 6.61 Å². The summed E-state index contributed by atoms with van der Waals surface area (Å²) in [4.78, 5) is 11.9. The zero-order chi connectivity index (χ0) is 17.6. The zero-order valence-corrected chi connectivity index (χ0v) is 14.2. The van der Waals surface area contributed by atoms with Crippen molar-refractivity contribution < 1.29 is 18.7 Å². The van der Waals surface area contributed by atoms with Crippen LogP contribution in [0.4, 0.5) is 9.18 Å². The number of hydrogen-bond acceptors (Lipinski definition) is 3. The van der Waals surface area contributed by atoms with E-state index in [1.165, 1.54) is 18.2 Å². The van der Waals surface area contributed by atoms with Gasteiger partial charge in [-0.3, -0.25) is 0 Å². The van der Waals surface area contributed by atoms with Gasteiger partial charge in [-0.25, -0.2) is 9.18 Å². The van der Waals surface area contributed by atoms with Gasteiger partial charge in [0.25, 0.3) is 0 Å². The third-order valence-corrected chi connectivity index (χ3v) is 3.90. The van der Waals surface area contributed by atoms with Gasteiger partial charge in [0.2, 0.25) is 5.06 Å². The maximum Gasteiger partial charge on any atom is 0.510 e. The number of halogens is 2. The summed E-state index contributed by atoms with van der Waals surface area (Å²) < 4.78 is 24.0. The quantitative estimate of drug-likeness (QED) is 0.529. The standard InChI is InChI=1S/C19H18ClFO3/c1-3-17(14-9-6-5-7-10-14)19(20,24-18(22)23-4-2)15-11-8-12-16(21)13-15/h3,5-13H,4H2,1-2H3. The molecule has 2 aromatic rings. The van der Waals surface area contributed by atoms with Gasteiger partial charge in [0.05, 0.1) is 6.61 Å². The number of rotatable bonds is 5. The topological polar surface area (TPSA) is 35.5 Å². The molecule has 3 nitrogen and oxygen atoms in total. The first-order valence-corrected chi connectivity index (χ1v) is 7.92. The highest BCUT2D eigenvalue weighted by atomic mass is 35.5. The number of carbonyl (C=O) groups is 1. The highest BCUT2D eigenvalue weighted by Crippen LogP contribution is 2.44. The van der Waals surface area contributed by atoms with Crippen LogP contribution in [0.5, 0.6) is 0 Å². The van der Waals surface area contributed by atoms with E-state index >= 15 is 0 Å². The third kappa shape index (κ3) is 3.95. The fourth-order valence-corrected chi connectivity index (χ4v) is 2.77. The van der Waals surface area contributed by atoms with Crippen molar-refractivity contribution in [2.24, 2.45) is 0 Å². The van der Waals surface area contributed by atoms with Crippen LogP contribution in [0.25, 0.3) is 5.57 Å². The van der Waals surface area contributed by atoms with Crippen LogP contribution < -0.4 is 0 Å². The van der Waals surface area contributed by atoms with Gasteiger partial charge in [-0.05, 0) is 31.5 Å². The molecule has 1 atom stereocenters. The summed E-state index contributed by atoms with van der Waals surface area (Å²) >= 11 is 6.71. The molecule has 5 heteroatoms. The molecule has 0 saturated heterocycles. The van der Waals surface area contributed by atoms with Crippen LogP contribution in [-0.4, -0.2) is 12.8 Å². The van der Waals surface area contributed by atoms with Gasteiger partial charge in [-0.2, -0.15) is 0 Å². The summed E-state index contributed by atoms with van der Waals surface area (Å²) in [5.41, 5.74) is 1.57. The Hall–Kier alpha value is -2.33. The van der Waals surface area contributed by atoms with Crippen molar-refractivity contribution in [1.82, 2.24) is 0 Å². The minimum Gasteiger partial charge on any atom is -0.435 e. The van der Waals surface area contributed by atoms with Gasteiger partial charge in [-0.15, -0.1) is 0 Å². The average Bonchev–Trinajstić information content (AvgIpc) is 2.56. The largest absolute Gasteiger partial charge is 0.510 e. The highest BCUT2D eigenvalue weighted by Gasteiger charge is 2.39. The van der Waals surface area contributed by atoms with Gasteiger partial charge in [-0.1, -0.05) is 60.1 Å². The van der Waals surface area contributed by atoms with Crippen LogP contribution >= 0.6 is 11.6 Å².